The van der Waals surface area contributed by atoms with Crippen LogP contribution in [-0.4, -0.2) is 55.2 Å². The van der Waals surface area contributed by atoms with Gasteiger partial charge in [-0.2, -0.15) is 0 Å². The molecule has 1 aliphatic rings. The third-order valence-electron chi connectivity index (χ3n) is 3.58. The Labute approximate surface area is 120 Å². The van der Waals surface area contributed by atoms with Gasteiger partial charge in [0.25, 0.3) is 5.91 Å². The first-order valence-corrected chi connectivity index (χ1v) is 7.14. The third kappa shape index (κ3) is 4.02. The minimum atomic E-state index is 0.0342. The Balaban J connectivity index is 2.05. The number of hydrogen-bond donors (Lipinski definition) is 1. The monoisotopic (exact) mass is 277 g/mol. The molecule has 2 rings (SSSR count). The summed E-state index contributed by atoms with van der Waals surface area (Å²) in [5.41, 5.74) is 1.65. The molecule has 20 heavy (non-hydrogen) atoms. The molecule has 1 aliphatic heterocycles. The molecule has 1 aromatic rings. The molecule has 5 heteroatoms. The summed E-state index contributed by atoms with van der Waals surface area (Å²) in [6, 6.07) is 2.28. The Morgan fingerprint density at radius 3 is 3.05 bits per heavy atom. The number of pyridine rings is 1. The van der Waals surface area contributed by atoms with Gasteiger partial charge >= 0.3 is 0 Å². The number of methoxy groups -OCH3 is 1. The number of nitrogens with zero attached hydrogens (tertiary/aromatic N) is 2. The summed E-state index contributed by atoms with van der Waals surface area (Å²) in [6.07, 6.45) is 5.71. The largest absolute Gasteiger partial charge is 0.383 e. The van der Waals surface area contributed by atoms with E-state index in [4.69, 9.17) is 4.74 Å². The molecule has 0 aliphatic carbocycles. The van der Waals surface area contributed by atoms with Crippen LogP contribution in [0.3, 0.4) is 0 Å². The summed E-state index contributed by atoms with van der Waals surface area (Å²) in [6.45, 7) is 4.89. The highest BCUT2D eigenvalue weighted by molar-refractivity contribution is 5.94. The number of carbonyl (C=O) groups excluding carboxylic acids is 1. The van der Waals surface area contributed by atoms with Gasteiger partial charge in [0.15, 0.2) is 0 Å². The zero-order valence-corrected chi connectivity index (χ0v) is 12.3. The van der Waals surface area contributed by atoms with E-state index < -0.39 is 0 Å². The minimum Gasteiger partial charge on any atom is -0.383 e. The Morgan fingerprint density at radius 2 is 2.40 bits per heavy atom. The molecule has 0 radical (unpaired) electrons. The molecule has 1 amide bonds. The normalized spacial score (nSPS) is 18.2. The van der Waals surface area contributed by atoms with Crippen molar-refractivity contribution in [3.63, 3.8) is 0 Å². The van der Waals surface area contributed by atoms with Crippen LogP contribution < -0.4 is 5.32 Å². The van der Waals surface area contributed by atoms with E-state index in [0.29, 0.717) is 24.8 Å². The van der Waals surface area contributed by atoms with Gasteiger partial charge < -0.3 is 15.0 Å². The molecule has 1 N–H and O–H groups in total. The average molecular weight is 277 g/mol. The predicted octanol–water partition coefficient (Wildman–Crippen LogP) is 1.23. The lowest BCUT2D eigenvalue weighted by Crippen LogP contribution is -2.42. The standard InChI is InChI=1S/C15H23N3O2/c1-12-8-13(10-16-9-12)15(19)18(6-7-20-2)11-14-4-3-5-17-14/h8-10,14,17H,3-7,11H2,1-2H3. The topological polar surface area (TPSA) is 54.5 Å². The molecule has 1 fully saturated rings. The molecular formula is C15H23N3O2. The van der Waals surface area contributed by atoms with Crippen molar-refractivity contribution in [1.82, 2.24) is 15.2 Å². The van der Waals surface area contributed by atoms with E-state index in [0.717, 1.165) is 25.1 Å². The summed E-state index contributed by atoms with van der Waals surface area (Å²) < 4.78 is 5.12. The summed E-state index contributed by atoms with van der Waals surface area (Å²) in [5, 5.41) is 3.43. The first-order chi connectivity index (χ1) is 9.70. The van der Waals surface area contributed by atoms with E-state index in [1.54, 1.807) is 19.5 Å². The van der Waals surface area contributed by atoms with Crippen molar-refractivity contribution >= 4 is 5.91 Å². The van der Waals surface area contributed by atoms with Gasteiger partial charge in [-0.15, -0.1) is 0 Å². The molecule has 0 aromatic carbocycles. The predicted molar refractivity (Wildman–Crippen MR) is 77.8 cm³/mol. The SMILES string of the molecule is COCCN(CC1CCCN1)C(=O)c1cncc(C)c1. The van der Waals surface area contributed by atoms with Crippen molar-refractivity contribution in [3.8, 4) is 0 Å². The van der Waals surface area contributed by atoms with Crippen molar-refractivity contribution in [2.45, 2.75) is 25.8 Å². The number of carbonyl (C=O) groups is 1. The second-order valence-corrected chi connectivity index (χ2v) is 5.29. The molecule has 1 atom stereocenters. The van der Waals surface area contributed by atoms with Gasteiger partial charge in [-0.1, -0.05) is 0 Å². The van der Waals surface area contributed by atoms with Crippen LogP contribution in [0.4, 0.5) is 0 Å². The molecule has 5 nitrogen and oxygen atoms in total. The van der Waals surface area contributed by atoms with Crippen molar-refractivity contribution in [2.24, 2.45) is 0 Å². The molecule has 2 heterocycles. The van der Waals surface area contributed by atoms with E-state index in [9.17, 15) is 4.79 Å². The number of rotatable bonds is 6. The van der Waals surface area contributed by atoms with E-state index in [1.807, 2.05) is 17.9 Å². The number of aryl methyl sites for hydroxylation is 1. The lowest BCUT2D eigenvalue weighted by atomic mass is 10.1. The zero-order chi connectivity index (χ0) is 14.4. The van der Waals surface area contributed by atoms with E-state index in [1.165, 1.54) is 6.42 Å². The highest BCUT2D eigenvalue weighted by atomic mass is 16.5. The fourth-order valence-corrected chi connectivity index (χ4v) is 2.51. The summed E-state index contributed by atoms with van der Waals surface area (Å²) in [7, 11) is 1.66. The Bertz CT molecular complexity index is 444. The van der Waals surface area contributed by atoms with Gasteiger partial charge in [-0.25, -0.2) is 0 Å². The van der Waals surface area contributed by atoms with Crippen LogP contribution >= 0.6 is 0 Å². The maximum atomic E-state index is 12.6. The van der Waals surface area contributed by atoms with Crippen LogP contribution in [0.1, 0.15) is 28.8 Å². The van der Waals surface area contributed by atoms with Crippen LogP contribution in [0, 0.1) is 6.92 Å². The molecule has 1 unspecified atom stereocenters. The lowest BCUT2D eigenvalue weighted by Gasteiger charge is -2.25. The number of hydrogen-bond acceptors (Lipinski definition) is 4. The highest BCUT2D eigenvalue weighted by Crippen LogP contribution is 2.11. The van der Waals surface area contributed by atoms with Gasteiger partial charge in [0, 0.05) is 38.6 Å². The van der Waals surface area contributed by atoms with Crippen molar-refractivity contribution in [1.29, 1.82) is 0 Å². The Hall–Kier alpha value is -1.46. The van der Waals surface area contributed by atoms with E-state index >= 15 is 0 Å². The van der Waals surface area contributed by atoms with Crippen LogP contribution in [0.5, 0.6) is 0 Å². The van der Waals surface area contributed by atoms with Crippen molar-refractivity contribution < 1.29 is 9.53 Å². The smallest absolute Gasteiger partial charge is 0.255 e. The molecule has 1 aromatic heterocycles. The molecule has 110 valence electrons. The second kappa shape index (κ2) is 7.36. The van der Waals surface area contributed by atoms with Gasteiger partial charge in [0.05, 0.1) is 12.2 Å². The molecular weight excluding hydrogens is 254 g/mol. The number of amides is 1. The maximum absolute atomic E-state index is 12.6. The van der Waals surface area contributed by atoms with Crippen molar-refractivity contribution in [3.05, 3.63) is 29.6 Å². The second-order valence-electron chi connectivity index (χ2n) is 5.29. The van der Waals surface area contributed by atoms with Crippen LogP contribution in [0.2, 0.25) is 0 Å². The first-order valence-electron chi connectivity index (χ1n) is 7.14. The lowest BCUT2D eigenvalue weighted by molar-refractivity contribution is 0.0678. The Morgan fingerprint density at radius 1 is 1.55 bits per heavy atom. The van der Waals surface area contributed by atoms with Crippen LogP contribution in [0.15, 0.2) is 18.5 Å². The number of aromatic nitrogens is 1. The van der Waals surface area contributed by atoms with Gasteiger partial charge in [0.1, 0.15) is 0 Å². The maximum Gasteiger partial charge on any atom is 0.255 e. The van der Waals surface area contributed by atoms with Gasteiger partial charge in [-0.3, -0.25) is 9.78 Å². The van der Waals surface area contributed by atoms with E-state index in [-0.39, 0.29) is 5.91 Å². The van der Waals surface area contributed by atoms with Gasteiger partial charge in [0.2, 0.25) is 0 Å². The highest BCUT2D eigenvalue weighted by Gasteiger charge is 2.22. The summed E-state index contributed by atoms with van der Waals surface area (Å²) >= 11 is 0. The van der Waals surface area contributed by atoms with Crippen molar-refractivity contribution in [2.75, 3.05) is 33.4 Å². The quantitative estimate of drug-likeness (QED) is 0.850. The molecule has 1 saturated heterocycles. The molecule has 0 spiro atoms. The fourth-order valence-electron chi connectivity index (χ4n) is 2.51. The number of ether oxygens (including phenoxy) is 1. The molecule has 0 bridgehead atoms. The van der Waals surface area contributed by atoms with E-state index in [2.05, 4.69) is 10.3 Å². The summed E-state index contributed by atoms with van der Waals surface area (Å²) in [5.74, 6) is 0.0342. The molecule has 0 saturated carbocycles. The number of nitrogens with one attached hydrogen (secondary N) is 1. The zero-order valence-electron chi connectivity index (χ0n) is 12.3. The Kier molecular flexibility index (Phi) is 5.49. The first kappa shape index (κ1) is 14.9. The summed E-state index contributed by atoms with van der Waals surface area (Å²) in [4.78, 5) is 18.6. The fraction of sp³-hybridized carbons (Fsp3) is 0.600. The average Bonchev–Trinajstić information content (AvgIpc) is 2.95. The third-order valence-corrected chi connectivity index (χ3v) is 3.58. The van der Waals surface area contributed by atoms with Crippen LogP contribution in [0.25, 0.3) is 0 Å². The minimum absolute atomic E-state index is 0.0342. The van der Waals surface area contributed by atoms with Crippen LogP contribution in [-0.2, 0) is 4.74 Å². The van der Waals surface area contributed by atoms with Gasteiger partial charge in [-0.05, 0) is 37.9 Å².